The van der Waals surface area contributed by atoms with Crippen molar-refractivity contribution in [1.29, 1.82) is 0 Å². The Kier molecular flexibility index (Phi) is 3.74. The Labute approximate surface area is 88.8 Å². The number of hydrogen-bond acceptors (Lipinski definition) is 1. The standard InChI is InChI=1S/C9H9BrF2S/c1-9(11,12)6-13-8-4-2-3-7(10)5-8/h2-5H,6H2,1H3. The summed E-state index contributed by atoms with van der Waals surface area (Å²) in [5.41, 5.74) is 0. The van der Waals surface area contributed by atoms with Gasteiger partial charge >= 0.3 is 0 Å². The summed E-state index contributed by atoms with van der Waals surface area (Å²) in [6, 6.07) is 7.35. The first-order valence-electron chi connectivity index (χ1n) is 3.73. The van der Waals surface area contributed by atoms with Gasteiger partial charge in [-0.2, -0.15) is 0 Å². The monoisotopic (exact) mass is 266 g/mol. The molecule has 72 valence electrons. The fourth-order valence-electron chi connectivity index (χ4n) is 0.767. The van der Waals surface area contributed by atoms with Crippen LogP contribution in [0.15, 0.2) is 33.6 Å². The van der Waals surface area contributed by atoms with Crippen molar-refractivity contribution < 1.29 is 8.78 Å². The van der Waals surface area contributed by atoms with Crippen LogP contribution < -0.4 is 0 Å². The summed E-state index contributed by atoms with van der Waals surface area (Å²) in [4.78, 5) is 0.857. The van der Waals surface area contributed by atoms with E-state index in [-0.39, 0.29) is 5.75 Å². The lowest BCUT2D eigenvalue weighted by molar-refractivity contribution is 0.0492. The molecule has 0 atom stereocenters. The highest BCUT2D eigenvalue weighted by atomic mass is 79.9. The average molecular weight is 267 g/mol. The maximum Gasteiger partial charge on any atom is 0.254 e. The quantitative estimate of drug-likeness (QED) is 0.740. The fraction of sp³-hybridized carbons (Fsp3) is 0.333. The second-order valence-electron chi connectivity index (χ2n) is 2.82. The van der Waals surface area contributed by atoms with Crippen LogP contribution in [0.4, 0.5) is 8.78 Å². The van der Waals surface area contributed by atoms with Gasteiger partial charge in [0.25, 0.3) is 5.92 Å². The molecule has 0 aromatic heterocycles. The van der Waals surface area contributed by atoms with Gasteiger partial charge in [-0.1, -0.05) is 22.0 Å². The number of hydrogen-bond donors (Lipinski definition) is 0. The molecule has 0 aliphatic rings. The Morgan fingerprint density at radius 2 is 2.15 bits per heavy atom. The molecule has 4 heteroatoms. The normalized spacial score (nSPS) is 11.7. The van der Waals surface area contributed by atoms with Crippen LogP contribution in [0.3, 0.4) is 0 Å². The SMILES string of the molecule is CC(F)(F)CSc1cccc(Br)c1. The van der Waals surface area contributed by atoms with Crippen LogP contribution in [0.1, 0.15) is 6.92 Å². The van der Waals surface area contributed by atoms with E-state index >= 15 is 0 Å². The third kappa shape index (κ3) is 4.62. The summed E-state index contributed by atoms with van der Waals surface area (Å²) in [7, 11) is 0. The largest absolute Gasteiger partial charge is 0.254 e. The second kappa shape index (κ2) is 4.42. The van der Waals surface area contributed by atoms with Crippen molar-refractivity contribution in [3.63, 3.8) is 0 Å². The lowest BCUT2D eigenvalue weighted by Crippen LogP contribution is -2.12. The van der Waals surface area contributed by atoms with Gasteiger partial charge in [0.1, 0.15) is 0 Å². The van der Waals surface area contributed by atoms with Crippen molar-refractivity contribution in [3.8, 4) is 0 Å². The van der Waals surface area contributed by atoms with Gasteiger partial charge in [-0.15, -0.1) is 11.8 Å². The van der Waals surface area contributed by atoms with Gasteiger partial charge in [0.2, 0.25) is 0 Å². The van der Waals surface area contributed by atoms with E-state index in [1.54, 1.807) is 0 Å². The highest BCUT2D eigenvalue weighted by Crippen LogP contribution is 2.27. The van der Waals surface area contributed by atoms with Crippen molar-refractivity contribution >= 4 is 27.7 Å². The lowest BCUT2D eigenvalue weighted by atomic mass is 10.4. The summed E-state index contributed by atoms with van der Waals surface area (Å²) in [5.74, 6) is -2.78. The lowest BCUT2D eigenvalue weighted by Gasteiger charge is -2.08. The maximum atomic E-state index is 12.5. The van der Waals surface area contributed by atoms with Crippen LogP contribution >= 0.6 is 27.7 Å². The van der Waals surface area contributed by atoms with Crippen LogP contribution in [0.2, 0.25) is 0 Å². The minimum Gasteiger partial charge on any atom is -0.206 e. The molecule has 13 heavy (non-hydrogen) atoms. The Hall–Kier alpha value is -0.0900. The molecule has 0 saturated carbocycles. The predicted octanol–water partition coefficient (Wildman–Crippen LogP) is 4.20. The van der Waals surface area contributed by atoms with Crippen LogP contribution in [-0.4, -0.2) is 11.7 Å². The van der Waals surface area contributed by atoms with Crippen molar-refractivity contribution in [1.82, 2.24) is 0 Å². The molecule has 1 aromatic carbocycles. The summed E-state index contributed by atoms with van der Waals surface area (Å²) in [5, 5.41) is 0. The van der Waals surface area contributed by atoms with Crippen molar-refractivity contribution in [3.05, 3.63) is 28.7 Å². The molecule has 1 aromatic rings. The third-order valence-corrected chi connectivity index (χ3v) is 3.02. The van der Waals surface area contributed by atoms with E-state index in [0.717, 1.165) is 28.1 Å². The van der Waals surface area contributed by atoms with Crippen molar-refractivity contribution in [2.75, 3.05) is 5.75 Å². The molecular formula is C9H9BrF2S. The first kappa shape index (κ1) is 11.0. The first-order chi connectivity index (χ1) is 5.97. The van der Waals surface area contributed by atoms with Gasteiger partial charge in [-0.25, -0.2) is 8.78 Å². The molecule has 0 nitrogen and oxygen atoms in total. The smallest absolute Gasteiger partial charge is 0.206 e. The Morgan fingerprint density at radius 3 is 2.69 bits per heavy atom. The van der Waals surface area contributed by atoms with Crippen molar-refractivity contribution in [2.24, 2.45) is 0 Å². The van der Waals surface area contributed by atoms with E-state index in [2.05, 4.69) is 15.9 Å². The highest BCUT2D eigenvalue weighted by molar-refractivity contribution is 9.10. The first-order valence-corrected chi connectivity index (χ1v) is 5.51. The van der Waals surface area contributed by atoms with Crippen LogP contribution in [-0.2, 0) is 0 Å². The minimum atomic E-state index is -2.60. The maximum absolute atomic E-state index is 12.5. The molecule has 1 rings (SSSR count). The van der Waals surface area contributed by atoms with Crippen LogP contribution in [0, 0.1) is 0 Å². The molecule has 0 bridgehead atoms. The number of halogens is 3. The summed E-state index contributed by atoms with van der Waals surface area (Å²) in [6.07, 6.45) is 0. The number of rotatable bonds is 3. The van der Waals surface area contributed by atoms with E-state index in [1.165, 1.54) is 0 Å². The molecule has 0 N–H and O–H groups in total. The van der Waals surface area contributed by atoms with E-state index in [0.29, 0.717) is 0 Å². The van der Waals surface area contributed by atoms with E-state index in [4.69, 9.17) is 0 Å². The molecule has 0 aliphatic carbocycles. The van der Waals surface area contributed by atoms with E-state index < -0.39 is 5.92 Å². The van der Waals surface area contributed by atoms with Crippen molar-refractivity contribution in [2.45, 2.75) is 17.7 Å². The zero-order valence-electron chi connectivity index (χ0n) is 7.06. The van der Waals surface area contributed by atoms with Gasteiger partial charge < -0.3 is 0 Å². The Balaban J connectivity index is 2.55. The topological polar surface area (TPSA) is 0 Å². The average Bonchev–Trinajstić information content (AvgIpc) is 2.00. The summed E-state index contributed by atoms with van der Waals surface area (Å²) < 4.78 is 25.9. The third-order valence-electron chi connectivity index (χ3n) is 1.29. The molecular weight excluding hydrogens is 258 g/mol. The van der Waals surface area contributed by atoms with Crippen LogP contribution in [0.25, 0.3) is 0 Å². The van der Waals surface area contributed by atoms with Gasteiger partial charge in [0.15, 0.2) is 0 Å². The highest BCUT2D eigenvalue weighted by Gasteiger charge is 2.20. The molecule has 0 fully saturated rings. The molecule has 0 saturated heterocycles. The zero-order chi connectivity index (χ0) is 9.90. The number of benzene rings is 1. The predicted molar refractivity (Wildman–Crippen MR) is 55.5 cm³/mol. The summed E-state index contributed by atoms with van der Waals surface area (Å²) in [6.45, 7) is 0.929. The van der Waals surface area contributed by atoms with E-state index in [1.807, 2.05) is 24.3 Å². The Morgan fingerprint density at radius 1 is 1.46 bits per heavy atom. The van der Waals surface area contributed by atoms with Gasteiger partial charge in [-0.3, -0.25) is 0 Å². The zero-order valence-corrected chi connectivity index (χ0v) is 9.46. The van der Waals surface area contributed by atoms with Gasteiger partial charge in [0.05, 0.1) is 5.75 Å². The molecule has 0 aliphatic heterocycles. The number of thioether (sulfide) groups is 1. The van der Waals surface area contributed by atoms with E-state index in [9.17, 15) is 8.78 Å². The molecule has 0 spiro atoms. The molecule has 0 amide bonds. The van der Waals surface area contributed by atoms with Crippen LogP contribution in [0.5, 0.6) is 0 Å². The molecule has 0 radical (unpaired) electrons. The molecule has 0 unspecified atom stereocenters. The Bertz CT molecular complexity index is 283. The van der Waals surface area contributed by atoms with Gasteiger partial charge in [0, 0.05) is 16.3 Å². The number of alkyl halides is 2. The van der Waals surface area contributed by atoms with Gasteiger partial charge in [-0.05, 0) is 18.2 Å². The molecule has 0 heterocycles. The fourth-order valence-corrected chi connectivity index (χ4v) is 2.12. The minimum absolute atomic E-state index is 0.177. The summed E-state index contributed by atoms with van der Waals surface area (Å²) >= 11 is 4.44. The second-order valence-corrected chi connectivity index (χ2v) is 4.78.